The summed E-state index contributed by atoms with van der Waals surface area (Å²) in [4.78, 5) is 32.2. The number of piperidine rings is 1. The van der Waals surface area contributed by atoms with Crippen molar-refractivity contribution in [1.29, 1.82) is 0 Å². The van der Waals surface area contributed by atoms with Crippen LogP contribution < -0.4 is 9.64 Å². The van der Waals surface area contributed by atoms with Crippen LogP contribution in [0.2, 0.25) is 0 Å². The zero-order valence-electron chi connectivity index (χ0n) is 16.6. The summed E-state index contributed by atoms with van der Waals surface area (Å²) in [5, 5.41) is 15.0. The zero-order valence-corrected chi connectivity index (χ0v) is 16.6. The summed E-state index contributed by atoms with van der Waals surface area (Å²) < 4.78 is 49.7. The van der Waals surface area contributed by atoms with Crippen LogP contribution in [0.1, 0.15) is 25.5 Å². The molecule has 0 N–H and O–H groups in total. The molecule has 0 spiro atoms. The number of rotatable bonds is 6. The minimum Gasteiger partial charge on any atom is -0.466 e. The van der Waals surface area contributed by atoms with Crippen molar-refractivity contribution in [3.05, 3.63) is 28.2 Å². The van der Waals surface area contributed by atoms with Crippen LogP contribution in [0.4, 0.5) is 24.7 Å². The molecular formula is C17H19F3N6O5. The Morgan fingerprint density at radius 2 is 2.00 bits per heavy atom. The number of aryl methyl sites for hydroxylation is 1. The quantitative estimate of drug-likeness (QED) is 0.375. The van der Waals surface area contributed by atoms with E-state index in [2.05, 4.69) is 15.1 Å². The van der Waals surface area contributed by atoms with Crippen molar-refractivity contribution in [3.8, 4) is 11.8 Å². The van der Waals surface area contributed by atoms with E-state index in [0.29, 0.717) is 32.0 Å². The number of carbonyl (C=O) groups is 1. The number of aromatic nitrogens is 4. The van der Waals surface area contributed by atoms with Gasteiger partial charge in [-0.15, -0.1) is 0 Å². The number of ether oxygens (including phenoxy) is 2. The number of nitro groups is 1. The third kappa shape index (κ3) is 4.83. The first-order valence-electron chi connectivity index (χ1n) is 9.31. The molecule has 14 heteroatoms. The van der Waals surface area contributed by atoms with Gasteiger partial charge in [-0.2, -0.15) is 23.3 Å². The van der Waals surface area contributed by atoms with Gasteiger partial charge in [-0.25, -0.2) is 9.67 Å². The van der Waals surface area contributed by atoms with E-state index in [1.54, 1.807) is 11.8 Å². The molecule has 0 bridgehead atoms. The van der Waals surface area contributed by atoms with Crippen molar-refractivity contribution in [1.82, 2.24) is 19.7 Å². The van der Waals surface area contributed by atoms with Crippen LogP contribution in [0, 0.1) is 16.0 Å². The first-order valence-corrected chi connectivity index (χ1v) is 9.31. The Kier molecular flexibility index (Phi) is 6.27. The van der Waals surface area contributed by atoms with Gasteiger partial charge in [-0.1, -0.05) is 0 Å². The van der Waals surface area contributed by atoms with Gasteiger partial charge in [0.05, 0.1) is 17.4 Å². The van der Waals surface area contributed by atoms with Gasteiger partial charge in [-0.3, -0.25) is 14.9 Å². The van der Waals surface area contributed by atoms with E-state index >= 15 is 0 Å². The molecule has 0 aliphatic carbocycles. The first-order chi connectivity index (χ1) is 14.6. The minimum atomic E-state index is -4.70. The van der Waals surface area contributed by atoms with Crippen LogP contribution in [-0.2, 0) is 22.8 Å². The lowest BCUT2D eigenvalue weighted by molar-refractivity contribution is -0.385. The summed E-state index contributed by atoms with van der Waals surface area (Å²) in [7, 11) is 1.21. The highest BCUT2D eigenvalue weighted by molar-refractivity contribution is 5.73. The van der Waals surface area contributed by atoms with Gasteiger partial charge >= 0.3 is 23.7 Å². The van der Waals surface area contributed by atoms with Crippen molar-refractivity contribution in [2.45, 2.75) is 25.9 Å². The SMILES string of the molecule is CCOC(=O)C1CCN(c2ncnc(Oc3cc(C(F)(F)F)nn3C)c2[N+](=O)[O-])CC1. The smallest absolute Gasteiger partial charge is 0.435 e. The molecule has 3 rings (SSSR count). The molecule has 0 unspecified atom stereocenters. The fourth-order valence-electron chi connectivity index (χ4n) is 3.19. The molecule has 1 aliphatic heterocycles. The van der Waals surface area contributed by atoms with Crippen molar-refractivity contribution in [2.24, 2.45) is 13.0 Å². The molecule has 31 heavy (non-hydrogen) atoms. The molecule has 1 fully saturated rings. The maximum atomic E-state index is 12.9. The summed E-state index contributed by atoms with van der Waals surface area (Å²) in [6, 6.07) is 0.621. The Hall–Kier alpha value is -3.45. The van der Waals surface area contributed by atoms with Crippen molar-refractivity contribution >= 4 is 17.5 Å². The molecule has 11 nitrogen and oxygen atoms in total. The predicted molar refractivity (Wildman–Crippen MR) is 98.5 cm³/mol. The average Bonchev–Trinajstić information content (AvgIpc) is 3.09. The Balaban J connectivity index is 1.85. The van der Waals surface area contributed by atoms with Gasteiger partial charge < -0.3 is 14.4 Å². The highest BCUT2D eigenvalue weighted by atomic mass is 19.4. The minimum absolute atomic E-state index is 0.0458. The second-order valence-corrected chi connectivity index (χ2v) is 6.71. The van der Waals surface area contributed by atoms with E-state index in [1.165, 1.54) is 7.05 Å². The highest BCUT2D eigenvalue weighted by Crippen LogP contribution is 2.38. The van der Waals surface area contributed by atoms with Crippen molar-refractivity contribution < 1.29 is 32.4 Å². The number of hydrogen-bond acceptors (Lipinski definition) is 9. The normalized spacial score (nSPS) is 15.1. The fraction of sp³-hybridized carbons (Fsp3) is 0.529. The predicted octanol–water partition coefficient (Wildman–Crippen LogP) is 2.71. The molecule has 1 saturated heterocycles. The van der Waals surface area contributed by atoms with E-state index in [0.717, 1.165) is 11.0 Å². The van der Waals surface area contributed by atoms with Crippen LogP contribution in [0.15, 0.2) is 12.4 Å². The topological polar surface area (TPSA) is 126 Å². The molecule has 2 aromatic rings. The summed E-state index contributed by atoms with van der Waals surface area (Å²) in [5.74, 6) is -1.57. The number of carbonyl (C=O) groups excluding carboxylic acids is 1. The second kappa shape index (κ2) is 8.73. The molecule has 0 atom stereocenters. The van der Waals surface area contributed by atoms with Crippen LogP contribution in [-0.4, -0.2) is 50.3 Å². The summed E-state index contributed by atoms with van der Waals surface area (Å²) in [6.07, 6.45) is -2.86. The summed E-state index contributed by atoms with van der Waals surface area (Å²) in [6.45, 7) is 2.56. The molecular weight excluding hydrogens is 425 g/mol. The van der Waals surface area contributed by atoms with Crippen molar-refractivity contribution in [3.63, 3.8) is 0 Å². The molecule has 0 aromatic carbocycles. The van der Waals surface area contributed by atoms with Gasteiger partial charge in [0, 0.05) is 26.2 Å². The Morgan fingerprint density at radius 1 is 1.32 bits per heavy atom. The molecule has 168 valence electrons. The number of anilines is 1. The number of esters is 1. The van der Waals surface area contributed by atoms with Crippen LogP contribution >= 0.6 is 0 Å². The van der Waals surface area contributed by atoms with Gasteiger partial charge in [0.2, 0.25) is 11.7 Å². The maximum absolute atomic E-state index is 12.9. The lowest BCUT2D eigenvalue weighted by atomic mass is 9.97. The molecule has 3 heterocycles. The van der Waals surface area contributed by atoms with Gasteiger partial charge in [0.25, 0.3) is 0 Å². The molecule has 0 radical (unpaired) electrons. The van der Waals surface area contributed by atoms with Gasteiger partial charge in [-0.05, 0) is 19.8 Å². The Bertz CT molecular complexity index is 972. The van der Waals surface area contributed by atoms with Gasteiger partial charge in [0.15, 0.2) is 5.69 Å². The molecule has 0 amide bonds. The number of hydrogen-bond donors (Lipinski definition) is 0. The zero-order chi connectivity index (χ0) is 22.8. The van der Waals surface area contributed by atoms with Crippen LogP contribution in [0.25, 0.3) is 0 Å². The lowest BCUT2D eigenvalue weighted by Crippen LogP contribution is -2.37. The van der Waals surface area contributed by atoms with E-state index in [4.69, 9.17) is 9.47 Å². The van der Waals surface area contributed by atoms with E-state index in [1.807, 2.05) is 0 Å². The van der Waals surface area contributed by atoms with E-state index in [9.17, 15) is 28.1 Å². The highest BCUT2D eigenvalue weighted by Gasteiger charge is 2.36. The Labute approximate surface area is 173 Å². The number of halogens is 3. The van der Waals surface area contributed by atoms with Crippen molar-refractivity contribution in [2.75, 3.05) is 24.6 Å². The van der Waals surface area contributed by atoms with Crippen LogP contribution in [0.3, 0.4) is 0 Å². The Morgan fingerprint density at radius 3 is 2.55 bits per heavy atom. The lowest BCUT2D eigenvalue weighted by Gasteiger charge is -2.31. The first kappa shape index (κ1) is 22.2. The molecule has 2 aromatic heterocycles. The second-order valence-electron chi connectivity index (χ2n) is 6.71. The summed E-state index contributed by atoms with van der Waals surface area (Å²) >= 11 is 0. The van der Waals surface area contributed by atoms with Crippen LogP contribution in [0.5, 0.6) is 11.8 Å². The largest absolute Gasteiger partial charge is 0.466 e. The van der Waals surface area contributed by atoms with E-state index in [-0.39, 0.29) is 30.2 Å². The molecule has 0 saturated carbocycles. The number of alkyl halides is 3. The maximum Gasteiger partial charge on any atom is 0.435 e. The third-order valence-electron chi connectivity index (χ3n) is 4.69. The average molecular weight is 444 g/mol. The third-order valence-corrected chi connectivity index (χ3v) is 4.69. The monoisotopic (exact) mass is 444 g/mol. The van der Waals surface area contributed by atoms with Gasteiger partial charge in [0.1, 0.15) is 6.33 Å². The summed E-state index contributed by atoms with van der Waals surface area (Å²) in [5.41, 5.74) is -1.80. The molecule has 1 aliphatic rings. The fourth-order valence-corrected chi connectivity index (χ4v) is 3.19. The standard InChI is InChI=1S/C17H19F3N6O5/c1-3-30-16(27)10-4-6-25(7-5-10)14-13(26(28)29)15(22-9-21-14)31-12-8-11(17(18,19)20)23-24(12)2/h8-10H,3-7H2,1-2H3. The van der Waals surface area contributed by atoms with E-state index < -0.39 is 28.4 Å². The number of nitrogens with zero attached hydrogens (tertiary/aromatic N) is 6.